The number of anilines is 2. The Hall–Kier alpha value is -2.99. The van der Waals surface area contributed by atoms with Gasteiger partial charge < -0.3 is 10.6 Å². The van der Waals surface area contributed by atoms with Gasteiger partial charge in [0.05, 0.1) is 5.69 Å². The Morgan fingerprint density at radius 3 is 2.56 bits per heavy atom. The number of carbonyl (C=O) groups excluding carboxylic acids is 1. The summed E-state index contributed by atoms with van der Waals surface area (Å²) in [7, 11) is 0. The molecule has 0 aliphatic carbocycles. The fourth-order valence-electron chi connectivity index (χ4n) is 2.18. The van der Waals surface area contributed by atoms with Crippen LogP contribution in [0.5, 0.6) is 0 Å². The van der Waals surface area contributed by atoms with Gasteiger partial charge in [-0.2, -0.15) is 0 Å². The van der Waals surface area contributed by atoms with Crippen molar-refractivity contribution in [2.75, 3.05) is 17.2 Å². The van der Waals surface area contributed by atoms with Crippen LogP contribution in [0, 0.1) is 5.82 Å². The van der Waals surface area contributed by atoms with Crippen molar-refractivity contribution in [2.45, 2.75) is 0 Å². The molecule has 4 nitrogen and oxygen atoms in total. The zero-order valence-corrected chi connectivity index (χ0v) is 14.1. The van der Waals surface area contributed by atoms with Crippen molar-refractivity contribution in [2.24, 2.45) is 0 Å². The summed E-state index contributed by atoms with van der Waals surface area (Å²) in [6.45, 7) is 4.33. The Morgan fingerprint density at radius 2 is 1.88 bits per heavy atom. The highest BCUT2D eigenvalue weighted by atomic mass is 32.1. The molecule has 0 fully saturated rings. The summed E-state index contributed by atoms with van der Waals surface area (Å²) in [6.07, 6.45) is 1.78. The molecular weight excluding hydrogens is 337 g/mol. The van der Waals surface area contributed by atoms with E-state index in [1.807, 2.05) is 29.6 Å². The number of amides is 1. The molecule has 2 N–H and O–H groups in total. The first-order valence-corrected chi connectivity index (χ1v) is 8.51. The number of benzene rings is 2. The molecule has 0 aliphatic rings. The average Bonchev–Trinajstić information content (AvgIpc) is 3.10. The topological polar surface area (TPSA) is 54.0 Å². The number of carbonyl (C=O) groups is 1. The molecule has 0 aliphatic heterocycles. The Bertz CT molecular complexity index is 872. The van der Waals surface area contributed by atoms with Crippen LogP contribution in [0.1, 0.15) is 10.4 Å². The van der Waals surface area contributed by atoms with Gasteiger partial charge >= 0.3 is 0 Å². The first kappa shape index (κ1) is 16.9. The van der Waals surface area contributed by atoms with E-state index in [-0.39, 0.29) is 11.7 Å². The molecule has 0 bridgehead atoms. The molecule has 0 radical (unpaired) electrons. The van der Waals surface area contributed by atoms with Crippen LogP contribution < -0.4 is 10.6 Å². The molecule has 0 saturated heterocycles. The minimum atomic E-state index is -0.369. The van der Waals surface area contributed by atoms with E-state index in [4.69, 9.17) is 0 Å². The molecular formula is C19H16FN3OS. The molecule has 0 spiro atoms. The van der Waals surface area contributed by atoms with E-state index in [1.165, 1.54) is 35.6 Å². The Morgan fingerprint density at radius 1 is 1.16 bits per heavy atom. The summed E-state index contributed by atoms with van der Waals surface area (Å²) in [5.74, 6) is -0.650. The van der Waals surface area contributed by atoms with Crippen molar-refractivity contribution in [1.29, 1.82) is 0 Å². The molecule has 1 heterocycles. The maximum atomic E-state index is 12.9. The normalized spacial score (nSPS) is 10.3. The largest absolute Gasteiger partial charge is 0.358 e. The van der Waals surface area contributed by atoms with Gasteiger partial charge in [-0.25, -0.2) is 9.37 Å². The highest BCUT2D eigenvalue weighted by Gasteiger charge is 2.08. The van der Waals surface area contributed by atoms with Crippen LogP contribution in [0.2, 0.25) is 0 Å². The number of thiazole rings is 1. The van der Waals surface area contributed by atoms with Gasteiger partial charge in [-0.1, -0.05) is 18.2 Å². The number of hydrogen-bond acceptors (Lipinski definition) is 4. The Balaban J connectivity index is 1.67. The SMILES string of the molecule is C=CCNc1nc(-c2ccc(NC(=O)c3ccc(F)cc3)cc2)cs1. The zero-order valence-electron chi connectivity index (χ0n) is 13.3. The first-order chi connectivity index (χ1) is 12.2. The van der Waals surface area contributed by atoms with E-state index in [1.54, 1.807) is 6.08 Å². The lowest BCUT2D eigenvalue weighted by Crippen LogP contribution is -2.11. The minimum absolute atomic E-state index is 0.280. The van der Waals surface area contributed by atoms with E-state index >= 15 is 0 Å². The van der Waals surface area contributed by atoms with Crippen LogP contribution in [0.25, 0.3) is 11.3 Å². The van der Waals surface area contributed by atoms with Crippen molar-refractivity contribution in [3.05, 3.63) is 77.9 Å². The average molecular weight is 353 g/mol. The fraction of sp³-hybridized carbons (Fsp3) is 0.0526. The van der Waals surface area contributed by atoms with Gasteiger partial charge in [0.2, 0.25) is 0 Å². The number of nitrogens with one attached hydrogen (secondary N) is 2. The molecule has 1 amide bonds. The highest BCUT2D eigenvalue weighted by molar-refractivity contribution is 7.14. The van der Waals surface area contributed by atoms with Crippen molar-refractivity contribution < 1.29 is 9.18 Å². The molecule has 0 atom stereocenters. The van der Waals surface area contributed by atoms with Gasteiger partial charge in [0.15, 0.2) is 5.13 Å². The quantitative estimate of drug-likeness (QED) is 0.626. The van der Waals surface area contributed by atoms with Crippen LogP contribution in [-0.2, 0) is 0 Å². The van der Waals surface area contributed by atoms with Crippen molar-refractivity contribution in [1.82, 2.24) is 4.98 Å². The third-order valence-corrected chi connectivity index (χ3v) is 4.25. The standard InChI is InChI=1S/C19H16FN3OS/c1-2-11-21-19-23-17(12-25-19)13-5-9-16(10-6-13)22-18(24)14-3-7-15(20)8-4-14/h2-10,12H,1,11H2,(H,21,23)(H,22,24). The number of hydrogen-bond donors (Lipinski definition) is 2. The van der Waals surface area contributed by atoms with Crippen molar-refractivity contribution in [3.63, 3.8) is 0 Å². The molecule has 3 rings (SSSR count). The van der Waals surface area contributed by atoms with Crippen LogP contribution in [0.4, 0.5) is 15.2 Å². The summed E-state index contributed by atoms with van der Waals surface area (Å²) >= 11 is 1.53. The maximum absolute atomic E-state index is 12.9. The Labute approximate surface area is 149 Å². The van der Waals surface area contributed by atoms with E-state index in [0.29, 0.717) is 17.8 Å². The molecule has 0 saturated carbocycles. The van der Waals surface area contributed by atoms with Gasteiger partial charge in [-0.3, -0.25) is 4.79 Å². The van der Waals surface area contributed by atoms with Crippen LogP contribution in [0.15, 0.2) is 66.6 Å². The third kappa shape index (κ3) is 4.30. The summed E-state index contributed by atoms with van der Waals surface area (Å²) in [5, 5.41) is 8.74. The molecule has 6 heteroatoms. The maximum Gasteiger partial charge on any atom is 0.255 e. The van der Waals surface area contributed by atoms with Gasteiger partial charge in [-0.05, 0) is 36.4 Å². The van der Waals surface area contributed by atoms with Crippen LogP contribution >= 0.6 is 11.3 Å². The summed E-state index contributed by atoms with van der Waals surface area (Å²) in [6, 6.07) is 12.8. The smallest absolute Gasteiger partial charge is 0.255 e. The molecule has 3 aromatic rings. The number of halogens is 1. The van der Waals surface area contributed by atoms with E-state index in [2.05, 4.69) is 22.2 Å². The monoisotopic (exact) mass is 353 g/mol. The summed E-state index contributed by atoms with van der Waals surface area (Å²) < 4.78 is 12.9. The first-order valence-electron chi connectivity index (χ1n) is 7.63. The number of rotatable bonds is 6. The van der Waals surface area contributed by atoms with Gasteiger partial charge in [0.1, 0.15) is 5.82 Å². The minimum Gasteiger partial charge on any atom is -0.358 e. The molecule has 0 unspecified atom stereocenters. The lowest BCUT2D eigenvalue weighted by atomic mass is 10.1. The molecule has 2 aromatic carbocycles. The number of aromatic nitrogens is 1. The van der Waals surface area contributed by atoms with Crippen LogP contribution in [0.3, 0.4) is 0 Å². The second-order valence-electron chi connectivity index (χ2n) is 5.25. The predicted octanol–water partition coefficient (Wildman–Crippen LogP) is 4.80. The number of nitrogens with zero attached hydrogens (tertiary/aromatic N) is 1. The molecule has 1 aromatic heterocycles. The molecule has 25 heavy (non-hydrogen) atoms. The zero-order chi connectivity index (χ0) is 17.6. The lowest BCUT2D eigenvalue weighted by molar-refractivity contribution is 0.102. The van der Waals surface area contributed by atoms with Gasteiger partial charge in [-0.15, -0.1) is 17.9 Å². The summed E-state index contributed by atoms with van der Waals surface area (Å²) in [4.78, 5) is 16.6. The second kappa shape index (κ2) is 7.72. The highest BCUT2D eigenvalue weighted by Crippen LogP contribution is 2.26. The van der Waals surface area contributed by atoms with Gasteiger partial charge in [0.25, 0.3) is 5.91 Å². The lowest BCUT2D eigenvalue weighted by Gasteiger charge is -2.06. The van der Waals surface area contributed by atoms with Crippen molar-refractivity contribution >= 4 is 28.1 Å². The second-order valence-corrected chi connectivity index (χ2v) is 6.10. The summed E-state index contributed by atoms with van der Waals surface area (Å²) in [5.41, 5.74) is 2.90. The van der Waals surface area contributed by atoms with E-state index in [9.17, 15) is 9.18 Å². The Kier molecular flexibility index (Phi) is 5.20. The third-order valence-electron chi connectivity index (χ3n) is 3.45. The van der Waals surface area contributed by atoms with E-state index < -0.39 is 0 Å². The molecule has 126 valence electrons. The fourth-order valence-corrected chi connectivity index (χ4v) is 2.91. The van der Waals surface area contributed by atoms with Gasteiger partial charge in [0, 0.05) is 28.7 Å². The van der Waals surface area contributed by atoms with Crippen LogP contribution in [-0.4, -0.2) is 17.4 Å². The van der Waals surface area contributed by atoms with E-state index in [0.717, 1.165) is 16.4 Å². The van der Waals surface area contributed by atoms with Crippen molar-refractivity contribution in [3.8, 4) is 11.3 Å². The predicted molar refractivity (Wildman–Crippen MR) is 101 cm³/mol.